The van der Waals surface area contributed by atoms with Gasteiger partial charge in [0.1, 0.15) is 5.69 Å². The molecule has 0 aromatic carbocycles. The van der Waals surface area contributed by atoms with Crippen LogP contribution in [0.5, 0.6) is 0 Å². The van der Waals surface area contributed by atoms with Crippen molar-refractivity contribution in [1.29, 1.82) is 0 Å². The maximum absolute atomic E-state index is 11.3. The van der Waals surface area contributed by atoms with Crippen LogP contribution in [-0.2, 0) is 9.84 Å². The first-order chi connectivity index (χ1) is 8.48. The van der Waals surface area contributed by atoms with E-state index in [1.165, 1.54) is 13.2 Å². The van der Waals surface area contributed by atoms with Crippen LogP contribution in [0.1, 0.15) is 17.4 Å². The lowest BCUT2D eigenvalue weighted by Crippen LogP contribution is -2.20. The monoisotopic (exact) mass is 271 g/mol. The van der Waals surface area contributed by atoms with Gasteiger partial charge in [0, 0.05) is 31.2 Å². The van der Waals surface area contributed by atoms with Crippen LogP contribution in [0.25, 0.3) is 0 Å². The third-order valence-electron chi connectivity index (χ3n) is 2.40. The number of anilines is 1. The van der Waals surface area contributed by atoms with Gasteiger partial charge in [-0.05, 0) is 12.1 Å². The number of carbonyl (C=O) groups excluding carboxylic acids is 1. The van der Waals surface area contributed by atoms with E-state index in [2.05, 4.69) is 15.6 Å². The summed E-state index contributed by atoms with van der Waals surface area (Å²) in [5, 5.41) is 5.43. The highest BCUT2D eigenvalue weighted by Crippen LogP contribution is 2.07. The summed E-state index contributed by atoms with van der Waals surface area (Å²) < 4.78 is 22.6. The molecule has 0 saturated carbocycles. The van der Waals surface area contributed by atoms with Gasteiger partial charge in [0.05, 0.1) is 5.75 Å². The van der Waals surface area contributed by atoms with Crippen LogP contribution in [0.15, 0.2) is 18.3 Å². The first-order valence-corrected chi connectivity index (χ1v) is 7.43. The van der Waals surface area contributed by atoms with Gasteiger partial charge in [-0.15, -0.1) is 0 Å². The van der Waals surface area contributed by atoms with Crippen molar-refractivity contribution in [3.05, 3.63) is 24.0 Å². The Morgan fingerprint density at radius 1 is 1.44 bits per heavy atom. The lowest BCUT2D eigenvalue weighted by molar-refractivity contribution is 0.0958. The first kappa shape index (κ1) is 14.4. The molecule has 0 unspecified atom stereocenters. The molecule has 2 N–H and O–H groups in total. The summed E-state index contributed by atoms with van der Waals surface area (Å²) in [5.41, 5.74) is 0.968. The summed E-state index contributed by atoms with van der Waals surface area (Å²) >= 11 is 0. The molecule has 0 saturated heterocycles. The molecule has 1 aromatic rings. The van der Waals surface area contributed by atoms with E-state index in [1.807, 2.05) is 0 Å². The Morgan fingerprint density at radius 3 is 2.78 bits per heavy atom. The summed E-state index contributed by atoms with van der Waals surface area (Å²) in [4.78, 5) is 15.3. The Morgan fingerprint density at radius 2 is 2.17 bits per heavy atom. The first-order valence-electron chi connectivity index (χ1n) is 5.61. The minimum absolute atomic E-state index is 0.0706. The van der Waals surface area contributed by atoms with Crippen molar-refractivity contribution >= 4 is 21.4 Å². The molecular weight excluding hydrogens is 254 g/mol. The number of carbonyl (C=O) groups is 1. The Labute approximate surface area is 107 Å². The van der Waals surface area contributed by atoms with E-state index in [0.29, 0.717) is 17.9 Å². The van der Waals surface area contributed by atoms with Crippen LogP contribution in [0.3, 0.4) is 0 Å². The van der Waals surface area contributed by atoms with E-state index in [-0.39, 0.29) is 17.4 Å². The lowest BCUT2D eigenvalue weighted by Gasteiger charge is -2.07. The van der Waals surface area contributed by atoms with Gasteiger partial charge in [-0.2, -0.15) is 0 Å². The smallest absolute Gasteiger partial charge is 0.269 e. The molecule has 0 aliphatic heterocycles. The molecule has 1 heterocycles. The normalized spacial score (nSPS) is 11.0. The predicted octanol–water partition coefficient (Wildman–Crippen LogP) is 0.288. The topological polar surface area (TPSA) is 88.2 Å². The number of hydrogen-bond acceptors (Lipinski definition) is 5. The van der Waals surface area contributed by atoms with Crippen LogP contribution in [0.2, 0.25) is 0 Å². The van der Waals surface area contributed by atoms with Gasteiger partial charge >= 0.3 is 0 Å². The fraction of sp³-hybridized carbons (Fsp3) is 0.455. The van der Waals surface area contributed by atoms with E-state index in [1.54, 1.807) is 19.1 Å². The van der Waals surface area contributed by atoms with Crippen molar-refractivity contribution in [3.8, 4) is 0 Å². The number of nitrogens with zero attached hydrogens (tertiary/aromatic N) is 1. The van der Waals surface area contributed by atoms with Crippen LogP contribution in [-0.4, -0.2) is 44.4 Å². The van der Waals surface area contributed by atoms with Crippen molar-refractivity contribution in [3.63, 3.8) is 0 Å². The molecule has 0 bridgehead atoms. The van der Waals surface area contributed by atoms with Crippen LogP contribution < -0.4 is 10.6 Å². The Bertz CT molecular complexity index is 514. The van der Waals surface area contributed by atoms with Gasteiger partial charge < -0.3 is 10.6 Å². The van der Waals surface area contributed by atoms with Gasteiger partial charge in [0.15, 0.2) is 9.84 Å². The van der Waals surface area contributed by atoms with Crippen LogP contribution in [0.4, 0.5) is 5.69 Å². The summed E-state index contributed by atoms with van der Waals surface area (Å²) in [7, 11) is -1.45. The third-order valence-corrected chi connectivity index (χ3v) is 4.11. The zero-order valence-corrected chi connectivity index (χ0v) is 11.3. The largest absolute Gasteiger partial charge is 0.384 e. The maximum atomic E-state index is 11.3. The van der Waals surface area contributed by atoms with Crippen molar-refractivity contribution in [2.24, 2.45) is 0 Å². The van der Waals surface area contributed by atoms with Gasteiger partial charge in [0.25, 0.3) is 5.91 Å². The quantitative estimate of drug-likeness (QED) is 0.776. The fourth-order valence-corrected chi connectivity index (χ4v) is 1.99. The molecular formula is C11H17N3O3S. The SMILES string of the molecule is CCS(=O)(=O)CCNc1ccnc(C(=O)NC)c1. The summed E-state index contributed by atoms with van der Waals surface area (Å²) in [6.45, 7) is 1.93. The highest BCUT2D eigenvalue weighted by Gasteiger charge is 2.08. The maximum Gasteiger partial charge on any atom is 0.269 e. The second kappa shape index (κ2) is 6.34. The Kier molecular flexibility index (Phi) is 5.08. The van der Waals surface area contributed by atoms with Gasteiger partial charge in [-0.25, -0.2) is 8.42 Å². The molecule has 1 amide bonds. The number of sulfone groups is 1. The van der Waals surface area contributed by atoms with Gasteiger partial charge in [-0.1, -0.05) is 6.92 Å². The summed E-state index contributed by atoms with van der Waals surface area (Å²) in [5.74, 6) is -0.0739. The van der Waals surface area contributed by atoms with Crippen molar-refractivity contribution in [2.75, 3.05) is 30.4 Å². The fourth-order valence-electron chi connectivity index (χ4n) is 1.29. The van der Waals surface area contributed by atoms with Crippen molar-refractivity contribution < 1.29 is 13.2 Å². The third kappa shape index (κ3) is 4.33. The highest BCUT2D eigenvalue weighted by molar-refractivity contribution is 7.91. The van der Waals surface area contributed by atoms with E-state index in [4.69, 9.17) is 0 Å². The molecule has 0 aliphatic carbocycles. The molecule has 6 nitrogen and oxygen atoms in total. The number of hydrogen-bond donors (Lipinski definition) is 2. The molecule has 18 heavy (non-hydrogen) atoms. The van der Waals surface area contributed by atoms with E-state index in [0.717, 1.165) is 0 Å². The minimum Gasteiger partial charge on any atom is -0.384 e. The molecule has 0 aliphatic rings. The molecule has 0 fully saturated rings. The molecule has 1 aromatic heterocycles. The summed E-state index contributed by atoms with van der Waals surface area (Å²) in [6.07, 6.45) is 1.50. The lowest BCUT2D eigenvalue weighted by atomic mass is 10.3. The number of aromatic nitrogens is 1. The second-order valence-electron chi connectivity index (χ2n) is 3.67. The molecule has 1 rings (SSSR count). The minimum atomic E-state index is -2.98. The zero-order chi connectivity index (χ0) is 13.6. The molecule has 0 radical (unpaired) electrons. The summed E-state index contributed by atoms with van der Waals surface area (Å²) in [6, 6.07) is 3.27. The highest BCUT2D eigenvalue weighted by atomic mass is 32.2. The van der Waals surface area contributed by atoms with Crippen molar-refractivity contribution in [1.82, 2.24) is 10.3 Å². The average Bonchev–Trinajstić information content (AvgIpc) is 2.38. The number of nitrogens with one attached hydrogen (secondary N) is 2. The molecule has 0 atom stereocenters. The van der Waals surface area contributed by atoms with Gasteiger partial charge in [0.2, 0.25) is 0 Å². The number of rotatable bonds is 6. The number of amides is 1. The van der Waals surface area contributed by atoms with E-state index >= 15 is 0 Å². The standard InChI is InChI=1S/C11H17N3O3S/c1-3-18(16,17)7-6-13-9-4-5-14-10(8-9)11(15)12-2/h4-5,8H,3,6-7H2,1-2H3,(H,12,15)(H,13,14). The molecule has 100 valence electrons. The molecule has 0 spiro atoms. The Balaban J connectivity index is 2.61. The molecule has 7 heteroatoms. The second-order valence-corrected chi connectivity index (χ2v) is 6.14. The van der Waals surface area contributed by atoms with Crippen LogP contribution >= 0.6 is 0 Å². The van der Waals surface area contributed by atoms with Crippen LogP contribution in [0, 0.1) is 0 Å². The number of pyridine rings is 1. The predicted molar refractivity (Wildman–Crippen MR) is 70.4 cm³/mol. The van der Waals surface area contributed by atoms with Gasteiger partial charge in [-0.3, -0.25) is 9.78 Å². The average molecular weight is 271 g/mol. The zero-order valence-electron chi connectivity index (χ0n) is 10.4. The van der Waals surface area contributed by atoms with E-state index < -0.39 is 9.84 Å². The Hall–Kier alpha value is -1.63. The van der Waals surface area contributed by atoms with E-state index in [9.17, 15) is 13.2 Å². The van der Waals surface area contributed by atoms with Crippen molar-refractivity contribution in [2.45, 2.75) is 6.92 Å².